The van der Waals surface area contributed by atoms with E-state index in [0.717, 1.165) is 36.6 Å². The van der Waals surface area contributed by atoms with Gasteiger partial charge in [0.15, 0.2) is 5.82 Å². The molecule has 29 heavy (non-hydrogen) atoms. The van der Waals surface area contributed by atoms with Crippen LogP contribution in [0.3, 0.4) is 0 Å². The number of benzene rings is 1. The first-order valence-electron chi connectivity index (χ1n) is 8.91. The summed E-state index contributed by atoms with van der Waals surface area (Å²) in [6.45, 7) is -0.0225. The van der Waals surface area contributed by atoms with Crippen LogP contribution in [0.2, 0.25) is 5.02 Å². The maximum absolute atomic E-state index is 13.3. The largest absolute Gasteiger partial charge is 0.346 e. The summed E-state index contributed by atoms with van der Waals surface area (Å²) in [4.78, 5) is 16.7. The van der Waals surface area contributed by atoms with Gasteiger partial charge in [0.1, 0.15) is 5.82 Å². The van der Waals surface area contributed by atoms with Crippen molar-refractivity contribution in [3.63, 3.8) is 0 Å². The van der Waals surface area contributed by atoms with Crippen LogP contribution in [0.25, 0.3) is 11.4 Å². The van der Waals surface area contributed by atoms with E-state index in [0.29, 0.717) is 5.82 Å². The number of nitrogens with zero attached hydrogens (tertiary/aromatic N) is 4. The van der Waals surface area contributed by atoms with Crippen molar-refractivity contribution in [2.24, 2.45) is 0 Å². The molecule has 0 unspecified atom stereocenters. The van der Waals surface area contributed by atoms with Gasteiger partial charge in [-0.3, -0.25) is 9.55 Å². The minimum Gasteiger partial charge on any atom is -0.272 e. The molecule has 2 aromatic heterocycles. The average Bonchev–Trinajstić information content (AvgIpc) is 3.48. The Hall–Kier alpha value is -2.56. The molecule has 2 heterocycles. The van der Waals surface area contributed by atoms with Crippen molar-refractivity contribution in [1.29, 1.82) is 0 Å². The van der Waals surface area contributed by atoms with E-state index in [1.54, 1.807) is 23.0 Å². The molecule has 1 fully saturated rings. The minimum absolute atomic E-state index is 0.0416. The summed E-state index contributed by atoms with van der Waals surface area (Å²) in [6, 6.07) is 6.83. The number of aromatic nitrogens is 4. The van der Waals surface area contributed by atoms with Gasteiger partial charge in [-0.1, -0.05) is 11.6 Å². The van der Waals surface area contributed by atoms with Crippen molar-refractivity contribution in [3.05, 3.63) is 64.0 Å². The quantitative estimate of drug-likeness (QED) is 0.611. The number of halogens is 2. The van der Waals surface area contributed by atoms with E-state index in [2.05, 4.69) is 14.8 Å². The number of pyridine rings is 1. The van der Waals surface area contributed by atoms with Crippen LogP contribution in [0, 0.1) is 5.82 Å². The monoisotopic (exact) mass is 437 g/mol. The summed E-state index contributed by atoms with van der Waals surface area (Å²) in [5, 5.41) is 4.10. The van der Waals surface area contributed by atoms with Gasteiger partial charge in [-0.2, -0.15) is 0 Å². The van der Waals surface area contributed by atoms with E-state index in [9.17, 15) is 17.6 Å². The zero-order chi connectivity index (χ0) is 20.6. The molecule has 1 aliphatic carbocycles. The SMILES string of the molecule is O=c1n(CCNS(=O)(=O)c2ccc(F)c(Cl)c2)nc(-c2cccnc2)n1C1CC1. The summed E-state index contributed by atoms with van der Waals surface area (Å²) >= 11 is 5.65. The number of hydrogen-bond donors (Lipinski definition) is 1. The van der Waals surface area contributed by atoms with Crippen molar-refractivity contribution >= 4 is 21.6 Å². The van der Waals surface area contributed by atoms with Gasteiger partial charge in [0.05, 0.1) is 16.5 Å². The van der Waals surface area contributed by atoms with E-state index in [1.807, 2.05) is 6.07 Å². The number of nitrogens with one attached hydrogen (secondary N) is 1. The Morgan fingerprint density at radius 1 is 1.28 bits per heavy atom. The van der Waals surface area contributed by atoms with Gasteiger partial charge in [0, 0.05) is 30.5 Å². The lowest BCUT2D eigenvalue weighted by atomic mass is 10.3. The second-order valence-electron chi connectivity index (χ2n) is 6.65. The van der Waals surface area contributed by atoms with E-state index in [4.69, 9.17) is 11.6 Å². The Labute approximate surface area is 171 Å². The molecule has 1 N–H and O–H groups in total. The normalized spacial score (nSPS) is 14.3. The second-order valence-corrected chi connectivity index (χ2v) is 8.82. The molecule has 4 rings (SSSR count). The molecule has 0 spiro atoms. The molecule has 1 aromatic carbocycles. The molecule has 0 amide bonds. The fourth-order valence-corrected chi connectivity index (χ4v) is 4.22. The lowest BCUT2D eigenvalue weighted by Gasteiger charge is -2.07. The van der Waals surface area contributed by atoms with E-state index in [-0.39, 0.29) is 34.7 Å². The third kappa shape index (κ3) is 4.09. The standard InChI is InChI=1S/C18H17ClFN5O3S/c19-15-10-14(5-6-16(15)20)29(27,28)22-8-9-24-18(26)25(13-3-4-13)17(23-24)12-2-1-7-21-11-12/h1-2,5-7,10-11,13,22H,3-4,8-9H2. The summed E-state index contributed by atoms with van der Waals surface area (Å²) in [6.07, 6.45) is 5.07. The number of rotatable bonds is 7. The first-order valence-corrected chi connectivity index (χ1v) is 10.8. The molecule has 0 atom stereocenters. The average molecular weight is 438 g/mol. The molecule has 0 radical (unpaired) electrons. The van der Waals surface area contributed by atoms with Crippen molar-refractivity contribution < 1.29 is 12.8 Å². The second kappa shape index (κ2) is 7.69. The Bertz CT molecular complexity index is 1210. The highest BCUT2D eigenvalue weighted by molar-refractivity contribution is 7.89. The smallest absolute Gasteiger partial charge is 0.272 e. The molecular formula is C18H17ClFN5O3S. The summed E-state index contributed by atoms with van der Waals surface area (Å²) < 4.78 is 43.2. The zero-order valence-corrected chi connectivity index (χ0v) is 16.7. The lowest BCUT2D eigenvalue weighted by molar-refractivity contribution is 0.546. The van der Waals surface area contributed by atoms with Gasteiger partial charge in [0.2, 0.25) is 10.0 Å². The highest BCUT2D eigenvalue weighted by atomic mass is 35.5. The topological polar surface area (TPSA) is 98.9 Å². The summed E-state index contributed by atoms with van der Waals surface area (Å²) in [5.41, 5.74) is 0.423. The molecule has 0 aliphatic heterocycles. The van der Waals surface area contributed by atoms with Crippen LogP contribution in [0.5, 0.6) is 0 Å². The van der Waals surface area contributed by atoms with Gasteiger partial charge < -0.3 is 0 Å². The van der Waals surface area contributed by atoms with Crippen LogP contribution in [-0.2, 0) is 16.6 Å². The summed E-state index contributed by atoms with van der Waals surface area (Å²) in [7, 11) is -3.90. The van der Waals surface area contributed by atoms with E-state index < -0.39 is 15.8 Å². The van der Waals surface area contributed by atoms with Crippen LogP contribution >= 0.6 is 11.6 Å². The Morgan fingerprint density at radius 2 is 2.07 bits per heavy atom. The molecule has 152 valence electrons. The maximum Gasteiger partial charge on any atom is 0.346 e. The van der Waals surface area contributed by atoms with Gasteiger partial charge in [-0.15, -0.1) is 5.10 Å². The van der Waals surface area contributed by atoms with Crippen molar-refractivity contribution in [1.82, 2.24) is 24.1 Å². The molecule has 0 bridgehead atoms. The van der Waals surface area contributed by atoms with Gasteiger partial charge in [-0.05, 0) is 43.2 Å². The fraction of sp³-hybridized carbons (Fsp3) is 0.278. The molecule has 11 heteroatoms. The Kier molecular flexibility index (Phi) is 5.24. The fourth-order valence-electron chi connectivity index (χ4n) is 2.93. The summed E-state index contributed by atoms with van der Waals surface area (Å²) in [5.74, 6) is -0.190. The predicted octanol–water partition coefficient (Wildman–Crippen LogP) is 2.21. The van der Waals surface area contributed by atoms with Crippen LogP contribution in [0.15, 0.2) is 52.4 Å². The van der Waals surface area contributed by atoms with Crippen LogP contribution in [0.1, 0.15) is 18.9 Å². The highest BCUT2D eigenvalue weighted by Crippen LogP contribution is 2.36. The van der Waals surface area contributed by atoms with Crippen molar-refractivity contribution in [2.45, 2.75) is 30.3 Å². The van der Waals surface area contributed by atoms with Crippen LogP contribution < -0.4 is 10.4 Å². The third-order valence-electron chi connectivity index (χ3n) is 4.52. The van der Waals surface area contributed by atoms with Crippen LogP contribution in [-0.4, -0.2) is 34.3 Å². The molecular weight excluding hydrogens is 421 g/mol. The molecule has 8 nitrogen and oxygen atoms in total. The molecule has 3 aromatic rings. The van der Waals surface area contributed by atoms with E-state index in [1.165, 1.54) is 4.68 Å². The number of hydrogen-bond acceptors (Lipinski definition) is 5. The Balaban J connectivity index is 1.53. The van der Waals surface area contributed by atoms with Gasteiger partial charge >= 0.3 is 5.69 Å². The molecule has 1 saturated carbocycles. The highest BCUT2D eigenvalue weighted by Gasteiger charge is 2.30. The van der Waals surface area contributed by atoms with E-state index >= 15 is 0 Å². The molecule has 0 saturated heterocycles. The lowest BCUT2D eigenvalue weighted by Crippen LogP contribution is -2.32. The maximum atomic E-state index is 13.3. The van der Waals surface area contributed by atoms with Gasteiger partial charge in [-0.25, -0.2) is 27.0 Å². The first kappa shape index (κ1) is 19.7. The van der Waals surface area contributed by atoms with Crippen LogP contribution in [0.4, 0.5) is 4.39 Å². The van der Waals surface area contributed by atoms with Crippen molar-refractivity contribution in [3.8, 4) is 11.4 Å². The predicted molar refractivity (Wildman–Crippen MR) is 105 cm³/mol. The Morgan fingerprint density at radius 3 is 2.72 bits per heavy atom. The zero-order valence-electron chi connectivity index (χ0n) is 15.1. The third-order valence-corrected chi connectivity index (χ3v) is 6.27. The van der Waals surface area contributed by atoms with Crippen molar-refractivity contribution in [2.75, 3.05) is 6.54 Å². The first-order chi connectivity index (χ1) is 13.9. The van der Waals surface area contributed by atoms with Gasteiger partial charge in [0.25, 0.3) is 0 Å². The molecule has 1 aliphatic rings. The minimum atomic E-state index is -3.90. The number of sulfonamides is 1.